The van der Waals surface area contributed by atoms with E-state index in [-0.39, 0.29) is 12.3 Å². The van der Waals surface area contributed by atoms with Crippen LogP contribution in [-0.4, -0.2) is 12.5 Å². The largest absolute Gasteiger partial charge is 0.490 e. The molecule has 0 saturated carbocycles. The number of carbonyl (C=O) groups is 1. The Balaban J connectivity index is 1.82. The summed E-state index contributed by atoms with van der Waals surface area (Å²) < 4.78 is 11.2. The lowest BCUT2D eigenvalue weighted by Gasteiger charge is -2.12. The number of halogens is 1. The minimum atomic E-state index is -0.149. The van der Waals surface area contributed by atoms with E-state index in [1.165, 1.54) is 0 Å². The Hall–Kier alpha value is -2.46. The highest BCUT2D eigenvalue weighted by Gasteiger charge is 2.15. The highest BCUT2D eigenvalue weighted by atomic mass is 35.5. The van der Waals surface area contributed by atoms with Gasteiger partial charge in [-0.15, -0.1) is 0 Å². The maximum atomic E-state index is 12.5. The first-order chi connectivity index (χ1) is 12.0. The number of amides is 1. The summed E-state index contributed by atoms with van der Waals surface area (Å²) in [6, 6.07) is 9.32. The Morgan fingerprint density at radius 1 is 1.24 bits per heavy atom. The molecular formula is C20H20ClNO3. The monoisotopic (exact) mass is 357 g/mol. The van der Waals surface area contributed by atoms with Crippen molar-refractivity contribution >= 4 is 34.2 Å². The Morgan fingerprint density at radius 3 is 2.80 bits per heavy atom. The number of aryl methyl sites for hydroxylation is 2. The lowest BCUT2D eigenvalue weighted by atomic mass is 10.0. The molecule has 1 heterocycles. The Labute approximate surface area is 151 Å². The molecule has 4 nitrogen and oxygen atoms in total. The van der Waals surface area contributed by atoms with Crippen LogP contribution < -0.4 is 10.1 Å². The van der Waals surface area contributed by atoms with Gasteiger partial charge in [0.1, 0.15) is 5.58 Å². The highest BCUT2D eigenvalue weighted by Crippen LogP contribution is 2.33. The first-order valence-corrected chi connectivity index (χ1v) is 8.56. The number of anilines is 1. The molecule has 25 heavy (non-hydrogen) atoms. The molecule has 2 aromatic carbocycles. The van der Waals surface area contributed by atoms with Crippen LogP contribution in [0.1, 0.15) is 23.6 Å². The van der Waals surface area contributed by atoms with Gasteiger partial charge in [-0.2, -0.15) is 0 Å². The van der Waals surface area contributed by atoms with Crippen LogP contribution in [0.25, 0.3) is 11.0 Å². The second-order valence-electron chi connectivity index (χ2n) is 5.92. The number of rotatable bonds is 5. The lowest BCUT2D eigenvalue weighted by Crippen LogP contribution is -2.15. The second-order valence-corrected chi connectivity index (χ2v) is 6.33. The summed E-state index contributed by atoms with van der Waals surface area (Å²) in [5, 5.41) is 4.31. The van der Waals surface area contributed by atoms with Crippen molar-refractivity contribution in [3.8, 4) is 5.75 Å². The second kappa shape index (κ2) is 7.19. The van der Waals surface area contributed by atoms with Crippen LogP contribution >= 0.6 is 11.6 Å². The summed E-state index contributed by atoms with van der Waals surface area (Å²) in [6.07, 6.45) is 1.87. The molecule has 0 unspecified atom stereocenters. The molecule has 1 N–H and O–H groups in total. The Bertz CT molecular complexity index is 930. The van der Waals surface area contributed by atoms with E-state index in [0.717, 1.165) is 27.7 Å². The minimum absolute atomic E-state index is 0.149. The number of furan rings is 1. The smallest absolute Gasteiger partial charge is 0.229 e. The van der Waals surface area contributed by atoms with Crippen molar-refractivity contribution < 1.29 is 13.9 Å². The number of nitrogens with one attached hydrogen (secondary N) is 1. The summed E-state index contributed by atoms with van der Waals surface area (Å²) in [4.78, 5) is 12.5. The first-order valence-electron chi connectivity index (χ1n) is 8.18. The Kier molecular flexibility index (Phi) is 5.00. The van der Waals surface area contributed by atoms with E-state index >= 15 is 0 Å². The highest BCUT2D eigenvalue weighted by molar-refractivity contribution is 6.32. The molecule has 0 saturated heterocycles. The third-order valence-corrected chi connectivity index (χ3v) is 4.52. The third-order valence-electron chi connectivity index (χ3n) is 4.22. The van der Waals surface area contributed by atoms with Crippen LogP contribution in [-0.2, 0) is 11.2 Å². The van der Waals surface area contributed by atoms with E-state index in [1.54, 1.807) is 24.5 Å². The first kappa shape index (κ1) is 17.4. The number of ether oxygens (including phenoxy) is 1. The van der Waals surface area contributed by atoms with E-state index in [9.17, 15) is 4.79 Å². The zero-order chi connectivity index (χ0) is 18.0. The van der Waals surface area contributed by atoms with Crippen LogP contribution in [0.4, 0.5) is 5.69 Å². The molecule has 3 rings (SSSR count). The maximum Gasteiger partial charge on any atom is 0.229 e. The van der Waals surface area contributed by atoms with Crippen LogP contribution in [0.3, 0.4) is 0 Å². The molecule has 0 radical (unpaired) electrons. The van der Waals surface area contributed by atoms with Crippen LogP contribution in [0, 0.1) is 13.8 Å². The summed E-state index contributed by atoms with van der Waals surface area (Å²) in [6.45, 7) is 6.40. The molecule has 0 aliphatic heterocycles. The summed E-state index contributed by atoms with van der Waals surface area (Å²) >= 11 is 6.15. The van der Waals surface area contributed by atoms with Gasteiger partial charge < -0.3 is 14.5 Å². The normalized spacial score (nSPS) is 10.9. The van der Waals surface area contributed by atoms with Gasteiger partial charge in [-0.3, -0.25) is 4.79 Å². The van der Waals surface area contributed by atoms with Crippen LogP contribution in [0.15, 0.2) is 41.0 Å². The molecule has 0 bridgehead atoms. The molecule has 5 heteroatoms. The van der Waals surface area contributed by atoms with Gasteiger partial charge in [0, 0.05) is 10.9 Å². The fourth-order valence-corrected chi connectivity index (χ4v) is 3.02. The minimum Gasteiger partial charge on any atom is -0.490 e. The van der Waals surface area contributed by atoms with Crippen molar-refractivity contribution in [1.82, 2.24) is 0 Å². The predicted molar refractivity (Wildman–Crippen MR) is 101 cm³/mol. The predicted octanol–water partition coefficient (Wildman–Crippen LogP) is 5.28. The van der Waals surface area contributed by atoms with Gasteiger partial charge in [0.05, 0.1) is 30.0 Å². The van der Waals surface area contributed by atoms with Crippen LogP contribution in [0.5, 0.6) is 5.75 Å². The van der Waals surface area contributed by atoms with Gasteiger partial charge in [-0.25, -0.2) is 0 Å². The third kappa shape index (κ3) is 3.49. The van der Waals surface area contributed by atoms with E-state index in [0.29, 0.717) is 23.1 Å². The number of hydrogen-bond acceptors (Lipinski definition) is 3. The van der Waals surface area contributed by atoms with E-state index in [2.05, 4.69) is 5.32 Å². The number of fused-ring (bicyclic) bond motifs is 1. The topological polar surface area (TPSA) is 51.5 Å². The fraction of sp³-hybridized carbons (Fsp3) is 0.250. The number of carbonyl (C=O) groups excluding carboxylic acids is 1. The number of benzene rings is 2. The Morgan fingerprint density at radius 2 is 2.04 bits per heavy atom. The van der Waals surface area contributed by atoms with Crippen molar-refractivity contribution in [1.29, 1.82) is 0 Å². The average Bonchev–Trinajstić information content (AvgIpc) is 2.98. The van der Waals surface area contributed by atoms with Crippen molar-refractivity contribution in [2.75, 3.05) is 11.9 Å². The van der Waals surface area contributed by atoms with Crippen molar-refractivity contribution in [3.05, 3.63) is 58.3 Å². The van der Waals surface area contributed by atoms with Gasteiger partial charge in [-0.1, -0.05) is 29.8 Å². The maximum absolute atomic E-state index is 12.5. The molecule has 0 aliphatic carbocycles. The van der Waals surface area contributed by atoms with Gasteiger partial charge in [-0.05, 0) is 44.0 Å². The quantitative estimate of drug-likeness (QED) is 0.675. The molecule has 0 fully saturated rings. The summed E-state index contributed by atoms with van der Waals surface area (Å²) in [5.41, 5.74) is 4.52. The number of hydrogen-bond donors (Lipinski definition) is 1. The number of para-hydroxylation sites is 1. The van der Waals surface area contributed by atoms with Gasteiger partial charge >= 0.3 is 0 Å². The average molecular weight is 358 g/mol. The molecule has 0 aliphatic rings. The summed E-state index contributed by atoms with van der Waals surface area (Å²) in [7, 11) is 0. The zero-order valence-corrected chi connectivity index (χ0v) is 15.2. The SMILES string of the molecule is CCOc1c(Cl)cccc1NC(=O)Cc1coc2c(C)c(C)ccc12. The molecule has 0 spiro atoms. The van der Waals surface area contributed by atoms with E-state index in [1.807, 2.05) is 32.9 Å². The molecule has 0 atom stereocenters. The summed E-state index contributed by atoms with van der Waals surface area (Å²) in [5.74, 6) is 0.340. The standard InChI is InChI=1S/C20H20ClNO3/c1-4-24-20-16(21)6-5-7-17(20)22-18(23)10-14-11-25-19-13(3)12(2)8-9-15(14)19/h5-9,11H,4,10H2,1-3H3,(H,22,23). The van der Waals surface area contributed by atoms with Gasteiger partial charge in [0.25, 0.3) is 0 Å². The molecule has 130 valence electrons. The lowest BCUT2D eigenvalue weighted by molar-refractivity contribution is -0.115. The fourth-order valence-electron chi connectivity index (χ4n) is 2.79. The van der Waals surface area contributed by atoms with Gasteiger partial charge in [0.2, 0.25) is 5.91 Å². The van der Waals surface area contributed by atoms with Crippen molar-refractivity contribution in [2.45, 2.75) is 27.2 Å². The van der Waals surface area contributed by atoms with E-state index in [4.69, 9.17) is 20.8 Å². The van der Waals surface area contributed by atoms with E-state index < -0.39 is 0 Å². The van der Waals surface area contributed by atoms with Gasteiger partial charge in [0.15, 0.2) is 5.75 Å². The molecule has 3 aromatic rings. The van der Waals surface area contributed by atoms with Crippen LogP contribution in [0.2, 0.25) is 5.02 Å². The molecule has 1 aromatic heterocycles. The zero-order valence-electron chi connectivity index (χ0n) is 14.5. The molecular weight excluding hydrogens is 338 g/mol. The molecule has 1 amide bonds. The van der Waals surface area contributed by atoms with Crippen molar-refractivity contribution in [3.63, 3.8) is 0 Å². The van der Waals surface area contributed by atoms with Crippen molar-refractivity contribution in [2.24, 2.45) is 0 Å².